The molecule has 0 aromatic carbocycles. The molecule has 0 aliphatic rings. The van der Waals surface area contributed by atoms with Gasteiger partial charge in [0.1, 0.15) is 23.9 Å². The first-order chi connectivity index (χ1) is 15.2. The highest BCUT2D eigenvalue weighted by atomic mass is 16.5. The summed E-state index contributed by atoms with van der Waals surface area (Å²) in [5.74, 6) is -0.161. The first-order valence-electron chi connectivity index (χ1n) is 10.6. The standard InChI is InChI=1S/C25H28N4O3/c1-16(2)8-9-28-18(4)10-20(19(28)5)11-21(13-26)25(31)32-15-22-12-24(30)29-14-17(3)6-7-23(29)27-22/h6-7,10-12,14,16H,8-9,15H2,1-5H3/b21-11+. The normalized spacial score (nSPS) is 11.7. The molecule has 0 spiro atoms. The maximum absolute atomic E-state index is 12.5. The van der Waals surface area contributed by atoms with Crippen LogP contribution in [0, 0.1) is 38.0 Å². The van der Waals surface area contributed by atoms with Gasteiger partial charge in [-0.1, -0.05) is 19.9 Å². The number of hydrogen-bond donors (Lipinski definition) is 0. The smallest absolute Gasteiger partial charge is 0.349 e. The molecule has 0 amide bonds. The molecule has 7 heteroatoms. The Hall–Kier alpha value is -3.66. The Kier molecular flexibility index (Phi) is 6.94. The first-order valence-corrected chi connectivity index (χ1v) is 10.6. The third kappa shape index (κ3) is 5.14. The number of pyridine rings is 1. The van der Waals surface area contributed by atoms with Gasteiger partial charge in [0.2, 0.25) is 0 Å². The third-order valence-electron chi connectivity index (χ3n) is 5.39. The van der Waals surface area contributed by atoms with Crippen molar-refractivity contribution >= 4 is 17.7 Å². The molecule has 7 nitrogen and oxygen atoms in total. The van der Waals surface area contributed by atoms with Crippen LogP contribution in [0.25, 0.3) is 11.7 Å². The van der Waals surface area contributed by atoms with Crippen molar-refractivity contribution in [3.8, 4) is 6.07 Å². The van der Waals surface area contributed by atoms with E-state index < -0.39 is 5.97 Å². The second-order valence-electron chi connectivity index (χ2n) is 8.43. The minimum Gasteiger partial charge on any atom is -0.455 e. The third-order valence-corrected chi connectivity index (χ3v) is 5.39. The quantitative estimate of drug-likeness (QED) is 0.318. The molecule has 0 fully saturated rings. The van der Waals surface area contributed by atoms with Gasteiger partial charge >= 0.3 is 5.97 Å². The number of nitriles is 1. The average molecular weight is 433 g/mol. The number of nitrogens with zero attached hydrogens (tertiary/aromatic N) is 4. The average Bonchev–Trinajstić information content (AvgIpc) is 3.01. The van der Waals surface area contributed by atoms with Gasteiger partial charge in [-0.2, -0.15) is 5.26 Å². The summed E-state index contributed by atoms with van der Waals surface area (Å²) < 4.78 is 8.93. The van der Waals surface area contributed by atoms with Gasteiger partial charge in [-0.25, -0.2) is 9.78 Å². The van der Waals surface area contributed by atoms with Gasteiger partial charge in [-0.3, -0.25) is 9.20 Å². The number of esters is 1. The summed E-state index contributed by atoms with van der Waals surface area (Å²) in [6.07, 6.45) is 4.31. The fourth-order valence-corrected chi connectivity index (χ4v) is 3.55. The lowest BCUT2D eigenvalue weighted by Gasteiger charge is -2.11. The molecule has 3 heterocycles. The van der Waals surface area contributed by atoms with Crippen LogP contribution in [0.2, 0.25) is 0 Å². The lowest BCUT2D eigenvalue weighted by molar-refractivity contribution is -0.139. The lowest BCUT2D eigenvalue weighted by Crippen LogP contribution is -2.17. The Labute approximate surface area is 187 Å². The largest absolute Gasteiger partial charge is 0.455 e. The zero-order valence-electron chi connectivity index (χ0n) is 19.2. The molecule has 0 saturated heterocycles. The molecule has 3 aromatic rings. The number of fused-ring (bicyclic) bond motifs is 1. The molecule has 0 bridgehead atoms. The second-order valence-corrected chi connectivity index (χ2v) is 8.43. The molecule has 32 heavy (non-hydrogen) atoms. The van der Waals surface area contributed by atoms with Crippen LogP contribution in [0.4, 0.5) is 0 Å². The van der Waals surface area contributed by atoms with E-state index in [1.54, 1.807) is 18.3 Å². The van der Waals surface area contributed by atoms with Crippen molar-refractivity contribution in [1.29, 1.82) is 5.26 Å². The summed E-state index contributed by atoms with van der Waals surface area (Å²) >= 11 is 0. The van der Waals surface area contributed by atoms with Crippen molar-refractivity contribution in [2.24, 2.45) is 5.92 Å². The fourth-order valence-electron chi connectivity index (χ4n) is 3.55. The molecule has 0 unspecified atom stereocenters. The Morgan fingerprint density at radius 2 is 2.00 bits per heavy atom. The molecule has 0 aliphatic carbocycles. The van der Waals surface area contributed by atoms with E-state index in [1.165, 1.54) is 10.5 Å². The van der Waals surface area contributed by atoms with Crippen molar-refractivity contribution in [3.05, 3.63) is 74.6 Å². The van der Waals surface area contributed by atoms with E-state index in [-0.39, 0.29) is 17.7 Å². The van der Waals surface area contributed by atoms with E-state index in [0.717, 1.165) is 35.5 Å². The summed E-state index contributed by atoms with van der Waals surface area (Å²) in [7, 11) is 0. The van der Waals surface area contributed by atoms with Crippen molar-refractivity contribution in [2.45, 2.75) is 54.2 Å². The first kappa shape index (κ1) is 23.0. The summed E-state index contributed by atoms with van der Waals surface area (Å²) in [6, 6.07) is 8.82. The van der Waals surface area contributed by atoms with Crippen molar-refractivity contribution in [3.63, 3.8) is 0 Å². The Bertz CT molecular complexity index is 1290. The van der Waals surface area contributed by atoms with E-state index in [9.17, 15) is 14.9 Å². The highest BCUT2D eigenvalue weighted by Gasteiger charge is 2.15. The van der Waals surface area contributed by atoms with Crippen LogP contribution >= 0.6 is 0 Å². The maximum Gasteiger partial charge on any atom is 0.349 e. The second kappa shape index (κ2) is 9.65. The monoisotopic (exact) mass is 432 g/mol. The number of carbonyl (C=O) groups is 1. The minimum atomic E-state index is -0.745. The van der Waals surface area contributed by atoms with Crippen LogP contribution in [-0.4, -0.2) is 19.9 Å². The molecule has 3 aromatic heterocycles. The van der Waals surface area contributed by atoms with Gasteiger partial charge in [0.15, 0.2) is 0 Å². The van der Waals surface area contributed by atoms with Crippen LogP contribution in [0.1, 0.15) is 48.5 Å². The summed E-state index contributed by atoms with van der Waals surface area (Å²) in [5.41, 5.74) is 4.29. The molecule has 166 valence electrons. The van der Waals surface area contributed by atoms with Gasteiger partial charge in [-0.15, -0.1) is 0 Å². The van der Waals surface area contributed by atoms with E-state index in [4.69, 9.17) is 4.74 Å². The zero-order chi connectivity index (χ0) is 23.4. The molecule has 3 rings (SSSR count). The van der Waals surface area contributed by atoms with Crippen LogP contribution in [0.15, 0.2) is 40.8 Å². The van der Waals surface area contributed by atoms with Gasteiger partial charge < -0.3 is 9.30 Å². The SMILES string of the molecule is Cc1ccc2nc(COC(=O)/C(C#N)=C/c3cc(C)n(CCC(C)C)c3C)cc(=O)n2c1. The summed E-state index contributed by atoms with van der Waals surface area (Å²) in [4.78, 5) is 29.2. The van der Waals surface area contributed by atoms with Gasteiger partial charge in [0.05, 0.1) is 5.69 Å². The molecular formula is C25H28N4O3. The predicted molar refractivity (Wildman–Crippen MR) is 123 cm³/mol. The molecule has 0 radical (unpaired) electrons. The topological polar surface area (TPSA) is 89.4 Å². The van der Waals surface area contributed by atoms with Crippen molar-refractivity contribution in [1.82, 2.24) is 14.0 Å². The molecule has 0 N–H and O–H groups in total. The zero-order valence-corrected chi connectivity index (χ0v) is 19.2. The van der Waals surface area contributed by atoms with Crippen LogP contribution in [-0.2, 0) is 22.7 Å². The van der Waals surface area contributed by atoms with Gasteiger partial charge in [-0.05, 0) is 62.4 Å². The van der Waals surface area contributed by atoms with Crippen molar-refractivity contribution < 1.29 is 9.53 Å². The Balaban J connectivity index is 1.77. The van der Waals surface area contributed by atoms with Crippen LogP contribution in [0.3, 0.4) is 0 Å². The lowest BCUT2D eigenvalue weighted by atomic mass is 10.1. The number of aromatic nitrogens is 3. The number of rotatable bonds is 7. The molecule has 0 atom stereocenters. The fraction of sp³-hybridized carbons (Fsp3) is 0.360. The number of hydrogen-bond acceptors (Lipinski definition) is 5. The number of carbonyl (C=O) groups excluding carboxylic acids is 1. The van der Waals surface area contributed by atoms with E-state index in [0.29, 0.717) is 17.3 Å². The van der Waals surface area contributed by atoms with Crippen LogP contribution in [0.5, 0.6) is 0 Å². The van der Waals surface area contributed by atoms with Gasteiger partial charge in [0, 0.05) is 30.2 Å². The highest BCUT2D eigenvalue weighted by Crippen LogP contribution is 2.20. The van der Waals surface area contributed by atoms with Gasteiger partial charge in [0.25, 0.3) is 5.56 Å². The minimum absolute atomic E-state index is 0.0951. The summed E-state index contributed by atoms with van der Waals surface area (Å²) in [5, 5.41) is 9.51. The maximum atomic E-state index is 12.5. The molecule has 0 aliphatic heterocycles. The Morgan fingerprint density at radius 1 is 1.25 bits per heavy atom. The van der Waals surface area contributed by atoms with Crippen molar-refractivity contribution in [2.75, 3.05) is 0 Å². The van der Waals surface area contributed by atoms with E-state index in [1.807, 2.05) is 39.0 Å². The summed E-state index contributed by atoms with van der Waals surface area (Å²) in [6.45, 7) is 10.9. The molecular weight excluding hydrogens is 404 g/mol. The van der Waals surface area contributed by atoms with E-state index in [2.05, 4.69) is 23.4 Å². The highest BCUT2D eigenvalue weighted by molar-refractivity contribution is 5.98. The number of ether oxygens (including phenoxy) is 1. The Morgan fingerprint density at radius 3 is 2.69 bits per heavy atom. The number of aryl methyl sites for hydroxylation is 2. The molecule has 0 saturated carbocycles. The van der Waals surface area contributed by atoms with E-state index >= 15 is 0 Å². The predicted octanol–water partition coefficient (Wildman–Crippen LogP) is 4.12. The van der Waals surface area contributed by atoms with Crippen LogP contribution < -0.4 is 5.56 Å².